The van der Waals surface area contributed by atoms with Crippen LogP contribution in [0.25, 0.3) is 0 Å². The molecule has 102 valence electrons. The maximum absolute atomic E-state index is 5.05. The number of rotatable bonds is 8. The van der Waals surface area contributed by atoms with Crippen molar-refractivity contribution in [2.24, 2.45) is 0 Å². The number of hydrogen-bond acceptors (Lipinski definition) is 4. The number of ether oxygens (including phenoxy) is 1. The van der Waals surface area contributed by atoms with Gasteiger partial charge in [0.05, 0.1) is 12.3 Å². The smallest absolute Gasteiger partial charge is 0.0589 e. The van der Waals surface area contributed by atoms with Gasteiger partial charge in [0.25, 0.3) is 0 Å². The van der Waals surface area contributed by atoms with Crippen LogP contribution in [-0.2, 0) is 17.8 Å². The molecular formula is C14H25N3O. The molecule has 4 nitrogen and oxygen atoms in total. The zero-order valence-electron chi connectivity index (χ0n) is 11.9. The lowest BCUT2D eigenvalue weighted by Gasteiger charge is -2.15. The minimum atomic E-state index is 0.504. The Morgan fingerprint density at radius 1 is 1.39 bits per heavy atom. The van der Waals surface area contributed by atoms with Gasteiger partial charge in [0.15, 0.2) is 0 Å². The lowest BCUT2D eigenvalue weighted by atomic mass is 10.2. The Balaban J connectivity index is 2.39. The molecule has 0 spiro atoms. The Morgan fingerprint density at radius 3 is 2.72 bits per heavy atom. The predicted molar refractivity (Wildman–Crippen MR) is 74.4 cm³/mol. The van der Waals surface area contributed by atoms with E-state index >= 15 is 0 Å². The molecule has 0 bridgehead atoms. The molecule has 0 unspecified atom stereocenters. The third-order valence-corrected chi connectivity index (χ3v) is 2.71. The van der Waals surface area contributed by atoms with E-state index in [0.717, 1.165) is 31.9 Å². The van der Waals surface area contributed by atoms with Crippen molar-refractivity contribution in [3.05, 3.63) is 29.6 Å². The highest BCUT2D eigenvalue weighted by molar-refractivity contribution is 5.14. The molecule has 0 atom stereocenters. The zero-order valence-corrected chi connectivity index (χ0v) is 11.9. The Kier molecular flexibility index (Phi) is 6.86. The molecule has 1 rings (SSSR count). The lowest BCUT2D eigenvalue weighted by molar-refractivity contribution is 0.158. The molecule has 0 fully saturated rings. The van der Waals surface area contributed by atoms with Gasteiger partial charge in [0.2, 0.25) is 0 Å². The van der Waals surface area contributed by atoms with Crippen LogP contribution in [0.5, 0.6) is 0 Å². The van der Waals surface area contributed by atoms with Crippen molar-refractivity contribution in [2.75, 3.05) is 27.3 Å². The summed E-state index contributed by atoms with van der Waals surface area (Å²) in [7, 11) is 3.80. The molecule has 1 heterocycles. The van der Waals surface area contributed by atoms with Gasteiger partial charge in [-0.25, -0.2) is 0 Å². The summed E-state index contributed by atoms with van der Waals surface area (Å²) >= 11 is 0. The number of nitrogens with one attached hydrogen (secondary N) is 1. The largest absolute Gasteiger partial charge is 0.383 e. The Bertz CT molecular complexity index is 324. The van der Waals surface area contributed by atoms with Gasteiger partial charge >= 0.3 is 0 Å². The number of hydrogen-bond donors (Lipinski definition) is 1. The van der Waals surface area contributed by atoms with Crippen LogP contribution >= 0.6 is 0 Å². The van der Waals surface area contributed by atoms with E-state index in [1.165, 1.54) is 5.56 Å². The van der Waals surface area contributed by atoms with Crippen molar-refractivity contribution in [3.63, 3.8) is 0 Å². The molecular weight excluding hydrogens is 226 g/mol. The average molecular weight is 251 g/mol. The first kappa shape index (κ1) is 15.1. The van der Waals surface area contributed by atoms with E-state index in [1.807, 2.05) is 6.20 Å². The maximum Gasteiger partial charge on any atom is 0.0589 e. The first-order valence-corrected chi connectivity index (χ1v) is 6.46. The van der Waals surface area contributed by atoms with Crippen LogP contribution in [0.15, 0.2) is 18.3 Å². The van der Waals surface area contributed by atoms with Crippen LogP contribution in [0.2, 0.25) is 0 Å². The summed E-state index contributed by atoms with van der Waals surface area (Å²) in [5.74, 6) is 0. The number of aromatic nitrogens is 1. The summed E-state index contributed by atoms with van der Waals surface area (Å²) in [6.45, 7) is 7.71. The molecule has 18 heavy (non-hydrogen) atoms. The highest BCUT2D eigenvalue weighted by Gasteiger charge is 2.02. The molecule has 1 N–H and O–H groups in total. The minimum absolute atomic E-state index is 0.504. The number of methoxy groups -OCH3 is 1. The standard InChI is InChI=1S/C14H25N3O/c1-12(2)15-9-13-5-6-14(16-10-13)11-17(3)7-8-18-4/h5-6,10,12,15H,7-9,11H2,1-4H3. The van der Waals surface area contributed by atoms with E-state index in [0.29, 0.717) is 6.04 Å². The highest BCUT2D eigenvalue weighted by atomic mass is 16.5. The van der Waals surface area contributed by atoms with E-state index in [4.69, 9.17) is 4.74 Å². The van der Waals surface area contributed by atoms with E-state index in [2.05, 4.69) is 48.2 Å². The third-order valence-electron chi connectivity index (χ3n) is 2.71. The summed E-state index contributed by atoms with van der Waals surface area (Å²) in [6, 6.07) is 4.74. The summed E-state index contributed by atoms with van der Waals surface area (Å²) < 4.78 is 5.05. The van der Waals surface area contributed by atoms with Gasteiger partial charge < -0.3 is 10.1 Å². The molecule has 0 saturated heterocycles. The number of pyridine rings is 1. The summed E-state index contributed by atoms with van der Waals surface area (Å²) in [6.07, 6.45) is 1.95. The maximum atomic E-state index is 5.05. The first-order valence-electron chi connectivity index (χ1n) is 6.46. The lowest BCUT2D eigenvalue weighted by Crippen LogP contribution is -2.23. The van der Waals surface area contributed by atoms with Crippen molar-refractivity contribution in [1.82, 2.24) is 15.2 Å². The fraction of sp³-hybridized carbons (Fsp3) is 0.643. The molecule has 1 aromatic rings. The molecule has 0 amide bonds. The molecule has 1 aromatic heterocycles. The molecule has 0 saturated carbocycles. The number of nitrogens with zero attached hydrogens (tertiary/aromatic N) is 2. The van der Waals surface area contributed by atoms with Crippen LogP contribution < -0.4 is 5.32 Å². The van der Waals surface area contributed by atoms with Gasteiger partial charge in [-0.15, -0.1) is 0 Å². The fourth-order valence-corrected chi connectivity index (χ4v) is 1.58. The van der Waals surface area contributed by atoms with Crippen molar-refractivity contribution in [3.8, 4) is 0 Å². The summed E-state index contributed by atoms with van der Waals surface area (Å²) in [4.78, 5) is 6.69. The molecule has 0 aromatic carbocycles. The van der Waals surface area contributed by atoms with Gasteiger partial charge in [-0.3, -0.25) is 9.88 Å². The Morgan fingerprint density at radius 2 is 2.17 bits per heavy atom. The second-order valence-electron chi connectivity index (χ2n) is 4.92. The van der Waals surface area contributed by atoms with Crippen LogP contribution in [0.4, 0.5) is 0 Å². The average Bonchev–Trinajstić information content (AvgIpc) is 2.35. The van der Waals surface area contributed by atoms with Crippen LogP contribution in [0.1, 0.15) is 25.1 Å². The number of likely N-dealkylation sites (N-methyl/N-ethyl adjacent to an activating group) is 1. The van der Waals surface area contributed by atoms with E-state index in [9.17, 15) is 0 Å². The zero-order chi connectivity index (χ0) is 13.4. The van der Waals surface area contributed by atoms with Gasteiger partial charge in [0, 0.05) is 39.0 Å². The van der Waals surface area contributed by atoms with Crippen LogP contribution in [0.3, 0.4) is 0 Å². The quantitative estimate of drug-likeness (QED) is 0.762. The topological polar surface area (TPSA) is 37.4 Å². The van der Waals surface area contributed by atoms with Gasteiger partial charge in [-0.05, 0) is 18.7 Å². The highest BCUT2D eigenvalue weighted by Crippen LogP contribution is 2.03. The minimum Gasteiger partial charge on any atom is -0.383 e. The van der Waals surface area contributed by atoms with Crippen LogP contribution in [-0.4, -0.2) is 43.2 Å². The van der Waals surface area contributed by atoms with Gasteiger partial charge in [-0.1, -0.05) is 19.9 Å². The van der Waals surface area contributed by atoms with E-state index < -0.39 is 0 Å². The Hall–Kier alpha value is -0.970. The normalized spacial score (nSPS) is 11.4. The van der Waals surface area contributed by atoms with E-state index in [-0.39, 0.29) is 0 Å². The third kappa shape index (κ3) is 6.10. The van der Waals surface area contributed by atoms with Gasteiger partial charge in [-0.2, -0.15) is 0 Å². The Labute approximate surface area is 110 Å². The van der Waals surface area contributed by atoms with E-state index in [1.54, 1.807) is 7.11 Å². The monoisotopic (exact) mass is 251 g/mol. The fourth-order valence-electron chi connectivity index (χ4n) is 1.58. The van der Waals surface area contributed by atoms with Gasteiger partial charge in [0.1, 0.15) is 0 Å². The van der Waals surface area contributed by atoms with Crippen molar-refractivity contribution >= 4 is 0 Å². The predicted octanol–water partition coefficient (Wildman–Crippen LogP) is 1.66. The van der Waals surface area contributed by atoms with Crippen molar-refractivity contribution in [1.29, 1.82) is 0 Å². The second kappa shape index (κ2) is 8.19. The SMILES string of the molecule is COCCN(C)Cc1ccc(CNC(C)C)cn1. The summed E-state index contributed by atoms with van der Waals surface area (Å²) in [5, 5.41) is 3.38. The summed E-state index contributed by atoms with van der Waals surface area (Å²) in [5.41, 5.74) is 2.33. The molecule has 0 aliphatic rings. The molecule has 0 aliphatic heterocycles. The van der Waals surface area contributed by atoms with Crippen molar-refractivity contribution < 1.29 is 4.74 Å². The van der Waals surface area contributed by atoms with Crippen LogP contribution in [0, 0.1) is 0 Å². The molecule has 0 aliphatic carbocycles. The second-order valence-corrected chi connectivity index (χ2v) is 4.92. The molecule has 4 heteroatoms. The first-order chi connectivity index (χ1) is 8.61. The van der Waals surface area contributed by atoms with Crippen molar-refractivity contribution in [2.45, 2.75) is 33.0 Å². The molecule has 0 radical (unpaired) electrons.